The van der Waals surface area contributed by atoms with Crippen molar-refractivity contribution in [1.82, 2.24) is 0 Å². The van der Waals surface area contributed by atoms with E-state index in [1.54, 1.807) is 13.8 Å². The predicted octanol–water partition coefficient (Wildman–Crippen LogP) is 3.76. The summed E-state index contributed by atoms with van der Waals surface area (Å²) < 4.78 is 0. The maximum atomic E-state index is 9.83. The molecule has 0 unspecified atom stereocenters. The van der Waals surface area contributed by atoms with Crippen LogP contribution < -0.4 is 0 Å². The average Bonchev–Trinajstić information content (AvgIpc) is 2.50. The molecule has 0 heterocycles. The van der Waals surface area contributed by atoms with Gasteiger partial charge in [-0.25, -0.2) is 0 Å². The van der Waals surface area contributed by atoms with Gasteiger partial charge in [0.05, 0.1) is 5.41 Å². The summed E-state index contributed by atoms with van der Waals surface area (Å²) in [4.78, 5) is 19.7. The fourth-order valence-electron chi connectivity index (χ4n) is 1.29. The molecule has 0 amide bonds. The molecule has 0 atom stereocenters. The SMILES string of the molecule is CC(C)(C=O)C=O.c1ccc(-c2ccccc2)cc1. The summed E-state index contributed by atoms with van der Waals surface area (Å²) in [6.07, 6.45) is 1.25. The van der Waals surface area contributed by atoms with Gasteiger partial charge in [0, 0.05) is 0 Å². The Labute approximate surface area is 114 Å². The molecule has 0 fully saturated rings. The molecule has 0 radical (unpaired) electrons. The molecule has 2 rings (SSSR count). The standard InChI is InChI=1S/C12H10.C5H8O2/c1-3-7-11(8-4-1)12-9-5-2-6-10-12;1-5(2,3-6)4-7/h1-10H;3-4H,1-2H3. The smallest absolute Gasteiger partial charge is 0.132 e. The first kappa shape index (κ1) is 14.8. The largest absolute Gasteiger partial charge is 0.302 e. The molecule has 2 nitrogen and oxygen atoms in total. The third-order valence-corrected chi connectivity index (χ3v) is 2.49. The monoisotopic (exact) mass is 254 g/mol. The van der Waals surface area contributed by atoms with Crippen LogP contribution in [0.1, 0.15) is 13.8 Å². The van der Waals surface area contributed by atoms with Crippen LogP contribution in [-0.4, -0.2) is 12.6 Å². The van der Waals surface area contributed by atoms with Crippen LogP contribution in [-0.2, 0) is 9.59 Å². The van der Waals surface area contributed by atoms with Gasteiger partial charge in [-0.1, -0.05) is 60.7 Å². The minimum Gasteiger partial charge on any atom is -0.302 e. The second-order valence-corrected chi connectivity index (χ2v) is 4.79. The molecule has 0 spiro atoms. The summed E-state index contributed by atoms with van der Waals surface area (Å²) in [5.74, 6) is 0. The van der Waals surface area contributed by atoms with E-state index in [-0.39, 0.29) is 0 Å². The first-order chi connectivity index (χ1) is 9.09. The fraction of sp³-hybridized carbons (Fsp3) is 0.176. The number of rotatable bonds is 3. The van der Waals surface area contributed by atoms with E-state index in [0.717, 1.165) is 0 Å². The lowest BCUT2D eigenvalue weighted by Gasteiger charge is -2.02. The summed E-state index contributed by atoms with van der Waals surface area (Å²) in [6, 6.07) is 20.8. The van der Waals surface area contributed by atoms with Crippen LogP contribution >= 0.6 is 0 Å². The Morgan fingerprint density at radius 2 is 1.00 bits per heavy atom. The molecule has 0 bridgehead atoms. The van der Waals surface area contributed by atoms with E-state index < -0.39 is 5.41 Å². The number of carbonyl (C=O) groups excluding carboxylic acids is 2. The normalized spacial score (nSPS) is 10.0. The van der Waals surface area contributed by atoms with Gasteiger partial charge in [-0.05, 0) is 25.0 Å². The minimum absolute atomic E-state index is 0.625. The first-order valence-corrected chi connectivity index (χ1v) is 6.12. The van der Waals surface area contributed by atoms with Gasteiger partial charge in [0.25, 0.3) is 0 Å². The van der Waals surface area contributed by atoms with Gasteiger partial charge in [0.15, 0.2) is 0 Å². The van der Waals surface area contributed by atoms with Crippen LogP contribution in [0.5, 0.6) is 0 Å². The Morgan fingerprint density at radius 1 is 0.684 bits per heavy atom. The molecule has 0 aliphatic rings. The van der Waals surface area contributed by atoms with Gasteiger partial charge in [0.1, 0.15) is 12.6 Å². The van der Waals surface area contributed by atoms with E-state index in [9.17, 15) is 9.59 Å². The molecule has 0 aliphatic carbocycles. The van der Waals surface area contributed by atoms with Crippen LogP contribution in [0, 0.1) is 5.41 Å². The number of hydrogen-bond donors (Lipinski definition) is 0. The van der Waals surface area contributed by atoms with Crippen molar-refractivity contribution < 1.29 is 9.59 Å². The second kappa shape index (κ2) is 7.27. The van der Waals surface area contributed by atoms with Gasteiger partial charge in [-0.15, -0.1) is 0 Å². The number of benzene rings is 2. The van der Waals surface area contributed by atoms with E-state index >= 15 is 0 Å². The van der Waals surface area contributed by atoms with E-state index in [0.29, 0.717) is 12.6 Å². The topological polar surface area (TPSA) is 34.1 Å². The van der Waals surface area contributed by atoms with E-state index in [4.69, 9.17) is 0 Å². The summed E-state index contributed by atoms with van der Waals surface area (Å²) in [5.41, 5.74) is 1.77. The van der Waals surface area contributed by atoms with Crippen molar-refractivity contribution in [1.29, 1.82) is 0 Å². The Hall–Kier alpha value is -2.22. The molecule has 2 heteroatoms. The minimum atomic E-state index is -0.778. The van der Waals surface area contributed by atoms with Crippen molar-refractivity contribution in [3.63, 3.8) is 0 Å². The lowest BCUT2D eigenvalue weighted by atomic mass is 9.99. The van der Waals surface area contributed by atoms with Crippen molar-refractivity contribution in [3.05, 3.63) is 60.7 Å². The van der Waals surface area contributed by atoms with Gasteiger partial charge < -0.3 is 9.59 Å². The highest BCUT2D eigenvalue weighted by atomic mass is 16.1. The summed E-state index contributed by atoms with van der Waals surface area (Å²) in [7, 11) is 0. The molecule has 0 N–H and O–H groups in total. The van der Waals surface area contributed by atoms with Crippen LogP contribution in [0.25, 0.3) is 11.1 Å². The Balaban J connectivity index is 0.000000224. The number of aldehydes is 2. The Bertz CT molecular complexity index is 454. The molecule has 19 heavy (non-hydrogen) atoms. The number of carbonyl (C=O) groups is 2. The zero-order chi connectivity index (χ0) is 14.1. The molecule has 0 saturated heterocycles. The lowest BCUT2D eigenvalue weighted by molar-refractivity contribution is -0.124. The van der Waals surface area contributed by atoms with E-state index in [2.05, 4.69) is 48.5 Å². The summed E-state index contributed by atoms with van der Waals surface area (Å²) in [5, 5.41) is 0. The zero-order valence-corrected chi connectivity index (χ0v) is 11.2. The molecule has 2 aromatic carbocycles. The summed E-state index contributed by atoms with van der Waals surface area (Å²) >= 11 is 0. The van der Waals surface area contributed by atoms with Crippen LogP contribution in [0.4, 0.5) is 0 Å². The van der Waals surface area contributed by atoms with Crippen LogP contribution in [0.15, 0.2) is 60.7 Å². The van der Waals surface area contributed by atoms with Gasteiger partial charge in [-0.2, -0.15) is 0 Å². The van der Waals surface area contributed by atoms with E-state index in [1.807, 2.05) is 12.1 Å². The molecule has 0 aliphatic heterocycles. The zero-order valence-electron chi connectivity index (χ0n) is 11.2. The third-order valence-electron chi connectivity index (χ3n) is 2.49. The average molecular weight is 254 g/mol. The van der Waals surface area contributed by atoms with Crippen molar-refractivity contribution in [2.75, 3.05) is 0 Å². The predicted molar refractivity (Wildman–Crippen MR) is 77.8 cm³/mol. The highest BCUT2D eigenvalue weighted by Crippen LogP contribution is 2.17. The molecule has 0 aromatic heterocycles. The maximum absolute atomic E-state index is 9.83. The Morgan fingerprint density at radius 3 is 1.21 bits per heavy atom. The lowest BCUT2D eigenvalue weighted by Crippen LogP contribution is -2.13. The van der Waals surface area contributed by atoms with Crippen LogP contribution in [0.2, 0.25) is 0 Å². The van der Waals surface area contributed by atoms with Gasteiger partial charge in [-0.3, -0.25) is 0 Å². The highest BCUT2D eigenvalue weighted by Gasteiger charge is 2.12. The highest BCUT2D eigenvalue weighted by molar-refractivity contribution is 5.82. The van der Waals surface area contributed by atoms with Crippen molar-refractivity contribution in [2.24, 2.45) is 5.41 Å². The van der Waals surface area contributed by atoms with Crippen LogP contribution in [0.3, 0.4) is 0 Å². The molecule has 2 aromatic rings. The van der Waals surface area contributed by atoms with Gasteiger partial charge >= 0.3 is 0 Å². The molecular formula is C17H18O2. The van der Waals surface area contributed by atoms with Gasteiger partial charge in [0.2, 0.25) is 0 Å². The Kier molecular flexibility index (Phi) is 5.68. The fourth-order valence-corrected chi connectivity index (χ4v) is 1.29. The molecule has 98 valence electrons. The number of hydrogen-bond acceptors (Lipinski definition) is 2. The molecular weight excluding hydrogens is 236 g/mol. The summed E-state index contributed by atoms with van der Waals surface area (Å²) in [6.45, 7) is 3.12. The first-order valence-electron chi connectivity index (χ1n) is 6.12. The quantitative estimate of drug-likeness (QED) is 0.617. The maximum Gasteiger partial charge on any atom is 0.132 e. The van der Waals surface area contributed by atoms with E-state index in [1.165, 1.54) is 11.1 Å². The van der Waals surface area contributed by atoms with Crippen molar-refractivity contribution in [2.45, 2.75) is 13.8 Å². The van der Waals surface area contributed by atoms with Crippen molar-refractivity contribution in [3.8, 4) is 11.1 Å². The molecule has 0 saturated carbocycles. The third kappa shape index (κ3) is 5.30. The van der Waals surface area contributed by atoms with Crippen molar-refractivity contribution >= 4 is 12.6 Å². The second-order valence-electron chi connectivity index (χ2n) is 4.79.